The molecule has 0 spiro atoms. The second-order valence-electron chi connectivity index (χ2n) is 28.6. The lowest BCUT2D eigenvalue weighted by Gasteiger charge is -2.71. The van der Waals surface area contributed by atoms with Crippen LogP contribution in [0.4, 0.5) is 0 Å². The third-order valence-corrected chi connectivity index (χ3v) is 23.1. The van der Waals surface area contributed by atoms with E-state index in [1.807, 2.05) is 6.92 Å². The zero-order chi connectivity index (χ0) is 63.7. The minimum atomic E-state index is -1.96. The van der Waals surface area contributed by atoms with E-state index in [-0.39, 0.29) is 17.8 Å². The number of carboxylic acid groups (broad SMARTS) is 1. The van der Waals surface area contributed by atoms with Crippen LogP contribution >= 0.6 is 0 Å². The predicted molar refractivity (Wildman–Crippen MR) is 290 cm³/mol. The van der Waals surface area contributed by atoms with Crippen LogP contribution in [0.15, 0.2) is 11.6 Å². The van der Waals surface area contributed by atoms with E-state index in [1.165, 1.54) is 20.8 Å². The van der Waals surface area contributed by atoms with Crippen LogP contribution in [-0.2, 0) is 57.0 Å². The van der Waals surface area contributed by atoms with Gasteiger partial charge < -0.3 is 129 Å². The van der Waals surface area contributed by atoms with Crippen molar-refractivity contribution in [1.82, 2.24) is 0 Å². The van der Waals surface area contributed by atoms with Crippen LogP contribution in [0.5, 0.6) is 0 Å². The first-order valence-corrected chi connectivity index (χ1v) is 30.7. The molecule has 28 heteroatoms. The fourth-order valence-electron chi connectivity index (χ4n) is 17.6. The molecule has 10 aliphatic rings. The van der Waals surface area contributed by atoms with Crippen molar-refractivity contribution in [3.05, 3.63) is 11.6 Å². The standard InChI is InChI=1S/C59H94O28/c1-22-32(63)39(70)45(85-50-43(74)44(33(64)23(2)80-50)84-48-40(71)34(65)27(62)20-78-48)51(81-22)87-53(77)59-15-13-54(3,4)17-25(59)24-9-10-30-55(5)18-26(61)46(58(8,52(75)76)31(55)11-12-57(30,7)56(24,6)14-16-59)86-49-42(73)38(69)36(67)29(83-49)21-79-47-41(72)37(68)35(66)28(19-60)82-47/h9,22-23,25-51,60-74H,10-21H2,1-8H3,(H,75,76). The Bertz CT molecular complexity index is 2490. The number of aliphatic hydroxyl groups is 15. The molecule has 5 aliphatic heterocycles. The molecule has 0 aromatic heterocycles. The number of allylic oxidation sites excluding steroid dienone is 2. The predicted octanol–water partition coefficient (Wildman–Crippen LogP) is -3.48. The summed E-state index contributed by atoms with van der Waals surface area (Å²) in [7, 11) is 0. The Kier molecular flexibility index (Phi) is 19.1. The molecule has 498 valence electrons. The maximum absolute atomic E-state index is 15.5. The molecule has 5 aliphatic carbocycles. The zero-order valence-corrected chi connectivity index (χ0v) is 50.4. The van der Waals surface area contributed by atoms with Crippen LogP contribution in [0, 0.1) is 50.2 Å². The highest BCUT2D eigenvalue weighted by atomic mass is 16.8. The van der Waals surface area contributed by atoms with Gasteiger partial charge in [0.05, 0.1) is 49.0 Å². The van der Waals surface area contributed by atoms with Crippen molar-refractivity contribution >= 4 is 11.9 Å². The number of carbonyl (C=O) groups is 2. The Morgan fingerprint density at radius 3 is 1.82 bits per heavy atom. The van der Waals surface area contributed by atoms with E-state index in [1.54, 1.807) is 0 Å². The highest BCUT2D eigenvalue weighted by molar-refractivity contribution is 5.79. The average Bonchev–Trinajstić information content (AvgIpc) is 0.676. The van der Waals surface area contributed by atoms with Gasteiger partial charge in [-0.3, -0.25) is 9.59 Å². The molecule has 34 atom stereocenters. The van der Waals surface area contributed by atoms with Gasteiger partial charge in [-0.1, -0.05) is 46.3 Å². The van der Waals surface area contributed by atoms with Gasteiger partial charge in [0.25, 0.3) is 0 Å². The Balaban J connectivity index is 0.882. The number of fused-ring (bicyclic) bond motifs is 7. The SMILES string of the molecule is CC1OC(OC(=O)C23CCC(C)(C)CC2C2=CCC4C5(C)CC(O)C(OC6OC(COC7OC(CO)C(O)C(O)C7O)C(O)C(O)C6O)C(C)(C(=O)O)C5CCC4(C)C2(C)CC3)C(OC2OC(C)C(O)C(OC3OCC(O)C(O)C3O)C2O)C(O)C1O. The Morgan fingerprint density at radius 1 is 0.563 bits per heavy atom. The van der Waals surface area contributed by atoms with Crippen LogP contribution < -0.4 is 0 Å². The van der Waals surface area contributed by atoms with E-state index in [0.717, 1.165) is 5.57 Å². The van der Waals surface area contributed by atoms with E-state index in [2.05, 4.69) is 33.8 Å². The summed E-state index contributed by atoms with van der Waals surface area (Å²) in [6.07, 6.45) is -36.6. The molecule has 9 fully saturated rings. The van der Waals surface area contributed by atoms with Crippen LogP contribution in [-0.4, -0.2) is 273 Å². The van der Waals surface area contributed by atoms with Crippen molar-refractivity contribution in [2.24, 2.45) is 50.2 Å². The molecule has 0 amide bonds. The normalized spacial score (nSPS) is 55.1. The van der Waals surface area contributed by atoms with Crippen LogP contribution in [0.3, 0.4) is 0 Å². The van der Waals surface area contributed by atoms with E-state index in [0.29, 0.717) is 51.4 Å². The third-order valence-electron chi connectivity index (χ3n) is 23.1. The van der Waals surface area contributed by atoms with Gasteiger partial charge in [-0.25, -0.2) is 0 Å². The first-order valence-electron chi connectivity index (χ1n) is 30.7. The number of esters is 1. The minimum Gasteiger partial charge on any atom is -0.481 e. The van der Waals surface area contributed by atoms with E-state index in [4.69, 9.17) is 47.4 Å². The molecular weight excluding hydrogens is 1160 g/mol. The van der Waals surface area contributed by atoms with Gasteiger partial charge in [0.15, 0.2) is 31.3 Å². The van der Waals surface area contributed by atoms with Crippen molar-refractivity contribution in [2.75, 3.05) is 19.8 Å². The summed E-state index contributed by atoms with van der Waals surface area (Å²) in [5.41, 5.74) is -4.23. The largest absolute Gasteiger partial charge is 0.481 e. The summed E-state index contributed by atoms with van der Waals surface area (Å²) < 4.78 is 59.1. The summed E-state index contributed by atoms with van der Waals surface area (Å²) in [5, 5.41) is 174. The first-order chi connectivity index (χ1) is 40.6. The summed E-state index contributed by atoms with van der Waals surface area (Å²) >= 11 is 0. The molecule has 5 saturated heterocycles. The molecule has 28 nitrogen and oxygen atoms in total. The van der Waals surface area contributed by atoms with Gasteiger partial charge in [0.1, 0.15) is 104 Å². The summed E-state index contributed by atoms with van der Waals surface area (Å²) in [4.78, 5) is 29.5. The molecule has 4 saturated carbocycles. The smallest absolute Gasteiger partial charge is 0.315 e. The molecular formula is C59H94O28. The summed E-state index contributed by atoms with van der Waals surface area (Å²) in [5.74, 6) is -3.22. The highest BCUT2D eigenvalue weighted by Gasteiger charge is 2.73. The number of aliphatic hydroxyl groups excluding tert-OH is 15. The highest BCUT2D eigenvalue weighted by Crippen LogP contribution is 2.76. The monoisotopic (exact) mass is 1250 g/mol. The van der Waals surface area contributed by atoms with Gasteiger partial charge in [-0.15, -0.1) is 0 Å². The van der Waals surface area contributed by atoms with Crippen molar-refractivity contribution in [1.29, 1.82) is 0 Å². The maximum atomic E-state index is 15.5. The zero-order valence-electron chi connectivity index (χ0n) is 50.4. The van der Waals surface area contributed by atoms with Crippen molar-refractivity contribution in [2.45, 2.75) is 273 Å². The molecule has 87 heavy (non-hydrogen) atoms. The van der Waals surface area contributed by atoms with Gasteiger partial charge in [-0.2, -0.15) is 0 Å². The second-order valence-corrected chi connectivity index (χ2v) is 28.6. The number of aliphatic carboxylic acids is 1. The number of ether oxygens (including phenoxy) is 10. The molecule has 0 bridgehead atoms. The lowest BCUT2D eigenvalue weighted by atomic mass is 9.33. The topological polar surface area (TPSA) is 450 Å². The van der Waals surface area contributed by atoms with Crippen molar-refractivity contribution in [3.8, 4) is 0 Å². The fraction of sp³-hybridized carbons (Fsp3) is 0.932. The third kappa shape index (κ3) is 11.2. The van der Waals surface area contributed by atoms with Crippen LogP contribution in [0.25, 0.3) is 0 Å². The molecule has 34 unspecified atom stereocenters. The number of hydrogen-bond acceptors (Lipinski definition) is 27. The van der Waals surface area contributed by atoms with Gasteiger partial charge in [-0.05, 0) is 118 Å². The Morgan fingerprint density at radius 2 is 1.15 bits per heavy atom. The van der Waals surface area contributed by atoms with Gasteiger partial charge >= 0.3 is 11.9 Å². The molecule has 10 rings (SSSR count). The maximum Gasteiger partial charge on any atom is 0.315 e. The van der Waals surface area contributed by atoms with Crippen LogP contribution in [0.1, 0.15) is 113 Å². The van der Waals surface area contributed by atoms with Crippen molar-refractivity contribution in [3.63, 3.8) is 0 Å². The lowest BCUT2D eigenvalue weighted by molar-refractivity contribution is -0.374. The molecule has 0 radical (unpaired) electrons. The quantitative estimate of drug-likeness (QED) is 0.0484. The van der Waals surface area contributed by atoms with Crippen molar-refractivity contribution < 1.29 is 139 Å². The summed E-state index contributed by atoms with van der Waals surface area (Å²) in [6.45, 7) is 13.3. The number of hydrogen-bond donors (Lipinski definition) is 16. The Hall–Kier alpha value is -2.28. The van der Waals surface area contributed by atoms with E-state index >= 15 is 4.79 Å². The minimum absolute atomic E-state index is 0.0436. The molecule has 0 aromatic carbocycles. The number of rotatable bonds is 13. The number of carboxylic acids is 1. The molecule has 5 heterocycles. The van der Waals surface area contributed by atoms with Gasteiger partial charge in [0.2, 0.25) is 6.29 Å². The molecule has 0 aromatic rings. The van der Waals surface area contributed by atoms with Gasteiger partial charge in [0, 0.05) is 0 Å². The lowest BCUT2D eigenvalue weighted by Crippen LogP contribution is -2.70. The average molecular weight is 1250 g/mol. The summed E-state index contributed by atoms with van der Waals surface area (Å²) in [6, 6.07) is 0. The fourth-order valence-corrected chi connectivity index (χ4v) is 17.6. The first kappa shape index (κ1) is 67.6. The van der Waals surface area contributed by atoms with Crippen LogP contribution in [0.2, 0.25) is 0 Å². The number of carbonyl (C=O) groups excluding carboxylic acids is 1. The second kappa shape index (κ2) is 24.6. The van der Waals surface area contributed by atoms with E-state index in [9.17, 15) is 86.5 Å². The van der Waals surface area contributed by atoms with E-state index < -0.39 is 230 Å². The molecule has 16 N–H and O–H groups in total. The Labute approximate surface area is 503 Å².